The van der Waals surface area contributed by atoms with E-state index in [4.69, 9.17) is 5.73 Å². The van der Waals surface area contributed by atoms with E-state index in [1.165, 1.54) is 0 Å². The van der Waals surface area contributed by atoms with Crippen LogP contribution in [0.25, 0.3) is 0 Å². The maximum absolute atomic E-state index is 11.6. The van der Waals surface area contributed by atoms with Crippen molar-refractivity contribution in [1.29, 1.82) is 0 Å². The molecule has 1 fully saturated rings. The number of hydrogen-bond donors (Lipinski definition) is 2. The molecular formula is C10H13N3O. The number of anilines is 1. The summed E-state index contributed by atoms with van der Waals surface area (Å²) in [4.78, 5) is 15.6. The van der Waals surface area contributed by atoms with Crippen molar-refractivity contribution in [1.82, 2.24) is 10.3 Å². The smallest absolute Gasteiger partial charge is 0.255 e. The fourth-order valence-corrected chi connectivity index (χ4v) is 1.25. The summed E-state index contributed by atoms with van der Waals surface area (Å²) < 4.78 is 0. The van der Waals surface area contributed by atoms with Crippen molar-refractivity contribution in [2.24, 2.45) is 0 Å². The number of carbonyl (C=O) groups is 1. The van der Waals surface area contributed by atoms with Gasteiger partial charge in [0.25, 0.3) is 5.91 Å². The number of amides is 1. The first-order chi connectivity index (χ1) is 6.66. The number of hydrogen-bond acceptors (Lipinski definition) is 3. The molecule has 1 aromatic heterocycles. The summed E-state index contributed by atoms with van der Waals surface area (Å²) in [5.41, 5.74) is 7.04. The van der Waals surface area contributed by atoms with Crippen LogP contribution in [0.1, 0.15) is 28.8 Å². The number of aromatic nitrogens is 1. The molecule has 1 aromatic rings. The van der Waals surface area contributed by atoms with Gasteiger partial charge in [-0.3, -0.25) is 4.79 Å². The summed E-state index contributed by atoms with van der Waals surface area (Å²) in [5.74, 6) is 0.190. The van der Waals surface area contributed by atoms with E-state index in [2.05, 4.69) is 10.3 Å². The highest BCUT2D eigenvalue weighted by Crippen LogP contribution is 2.20. The zero-order chi connectivity index (χ0) is 10.1. The van der Waals surface area contributed by atoms with Gasteiger partial charge in [-0.05, 0) is 31.4 Å². The monoisotopic (exact) mass is 191 g/mol. The van der Waals surface area contributed by atoms with Crippen LogP contribution in [0.15, 0.2) is 12.3 Å². The van der Waals surface area contributed by atoms with Crippen LogP contribution in [0.3, 0.4) is 0 Å². The summed E-state index contributed by atoms with van der Waals surface area (Å²) >= 11 is 0. The number of nitrogens with one attached hydrogen (secondary N) is 1. The van der Waals surface area contributed by atoms with Crippen molar-refractivity contribution in [3.05, 3.63) is 23.4 Å². The van der Waals surface area contributed by atoms with Gasteiger partial charge >= 0.3 is 0 Å². The molecule has 0 atom stereocenters. The molecule has 0 aromatic carbocycles. The Kier molecular flexibility index (Phi) is 2.11. The zero-order valence-electron chi connectivity index (χ0n) is 8.08. The molecule has 4 nitrogen and oxygen atoms in total. The van der Waals surface area contributed by atoms with Crippen LogP contribution in [-0.2, 0) is 0 Å². The minimum atomic E-state index is -0.110. The second-order valence-electron chi connectivity index (χ2n) is 3.69. The molecule has 0 unspecified atom stereocenters. The average Bonchev–Trinajstić information content (AvgIpc) is 2.93. The number of nitrogens with zero attached hydrogens (tertiary/aromatic N) is 1. The molecule has 2 rings (SSSR count). The van der Waals surface area contributed by atoms with Gasteiger partial charge in [-0.15, -0.1) is 0 Å². The minimum Gasteiger partial charge on any atom is -0.383 e. The first-order valence-corrected chi connectivity index (χ1v) is 4.70. The number of aryl methyl sites for hydroxylation is 1. The third-order valence-electron chi connectivity index (χ3n) is 2.21. The Labute approximate surface area is 82.5 Å². The first-order valence-electron chi connectivity index (χ1n) is 4.70. The lowest BCUT2D eigenvalue weighted by molar-refractivity contribution is 0.0951. The Morgan fingerprint density at radius 2 is 2.36 bits per heavy atom. The van der Waals surface area contributed by atoms with Crippen molar-refractivity contribution in [2.45, 2.75) is 25.8 Å². The molecule has 0 radical (unpaired) electrons. The largest absolute Gasteiger partial charge is 0.383 e. The van der Waals surface area contributed by atoms with E-state index >= 15 is 0 Å². The SMILES string of the molecule is Cc1cnc(N)c(C(=O)NC2CC2)c1. The normalized spacial score (nSPS) is 15.2. The quantitative estimate of drug-likeness (QED) is 0.728. The molecule has 1 aliphatic rings. The van der Waals surface area contributed by atoms with Gasteiger partial charge < -0.3 is 11.1 Å². The third-order valence-corrected chi connectivity index (χ3v) is 2.21. The van der Waals surface area contributed by atoms with Gasteiger partial charge in [0.2, 0.25) is 0 Å². The van der Waals surface area contributed by atoms with Gasteiger partial charge in [0.05, 0.1) is 5.56 Å². The standard InChI is InChI=1S/C10H13N3O/c1-6-4-8(9(11)12-5-6)10(14)13-7-2-3-7/h4-5,7H,2-3H2,1H3,(H2,11,12)(H,13,14). The van der Waals surface area contributed by atoms with E-state index in [0.29, 0.717) is 17.4 Å². The van der Waals surface area contributed by atoms with Crippen LogP contribution < -0.4 is 11.1 Å². The Bertz CT molecular complexity index is 372. The summed E-state index contributed by atoms with van der Waals surface area (Å²) in [6.07, 6.45) is 3.80. The van der Waals surface area contributed by atoms with Crippen molar-refractivity contribution in [2.75, 3.05) is 5.73 Å². The van der Waals surface area contributed by atoms with Gasteiger partial charge in [0.15, 0.2) is 0 Å². The molecule has 1 amide bonds. The number of nitrogen functional groups attached to an aromatic ring is 1. The zero-order valence-corrected chi connectivity index (χ0v) is 8.08. The lowest BCUT2D eigenvalue weighted by Gasteiger charge is -2.06. The Morgan fingerprint density at radius 1 is 1.64 bits per heavy atom. The average molecular weight is 191 g/mol. The summed E-state index contributed by atoms with van der Waals surface area (Å²) in [6.45, 7) is 1.89. The van der Waals surface area contributed by atoms with Gasteiger partial charge in [0.1, 0.15) is 5.82 Å². The van der Waals surface area contributed by atoms with E-state index in [0.717, 1.165) is 18.4 Å². The molecule has 74 valence electrons. The Balaban J connectivity index is 2.20. The van der Waals surface area contributed by atoms with Crippen molar-refractivity contribution >= 4 is 11.7 Å². The molecule has 14 heavy (non-hydrogen) atoms. The summed E-state index contributed by atoms with van der Waals surface area (Å²) in [5, 5.41) is 2.88. The predicted molar refractivity (Wildman–Crippen MR) is 53.9 cm³/mol. The molecular weight excluding hydrogens is 178 g/mol. The number of rotatable bonds is 2. The summed E-state index contributed by atoms with van der Waals surface area (Å²) in [6, 6.07) is 2.11. The molecule has 0 spiro atoms. The van der Waals surface area contributed by atoms with Crippen LogP contribution in [0, 0.1) is 6.92 Å². The Hall–Kier alpha value is -1.58. The fraction of sp³-hybridized carbons (Fsp3) is 0.400. The maximum atomic E-state index is 11.6. The third kappa shape index (κ3) is 1.84. The van der Waals surface area contributed by atoms with Gasteiger partial charge in [0, 0.05) is 12.2 Å². The van der Waals surface area contributed by atoms with E-state index < -0.39 is 0 Å². The van der Waals surface area contributed by atoms with E-state index in [1.54, 1.807) is 12.3 Å². The van der Waals surface area contributed by atoms with Gasteiger partial charge in [-0.1, -0.05) is 0 Å². The van der Waals surface area contributed by atoms with Crippen LogP contribution in [-0.4, -0.2) is 16.9 Å². The molecule has 1 aliphatic carbocycles. The second kappa shape index (κ2) is 3.29. The van der Waals surface area contributed by atoms with Gasteiger partial charge in [-0.2, -0.15) is 0 Å². The van der Waals surface area contributed by atoms with E-state index in [1.807, 2.05) is 6.92 Å². The van der Waals surface area contributed by atoms with E-state index in [-0.39, 0.29) is 5.91 Å². The molecule has 0 bridgehead atoms. The molecule has 1 heterocycles. The topological polar surface area (TPSA) is 68.0 Å². The van der Waals surface area contributed by atoms with Gasteiger partial charge in [-0.25, -0.2) is 4.98 Å². The summed E-state index contributed by atoms with van der Waals surface area (Å²) in [7, 11) is 0. The van der Waals surface area contributed by atoms with Crippen LogP contribution in [0.5, 0.6) is 0 Å². The van der Waals surface area contributed by atoms with Crippen molar-refractivity contribution in [3.63, 3.8) is 0 Å². The molecule has 0 aliphatic heterocycles. The Morgan fingerprint density at radius 3 is 3.00 bits per heavy atom. The second-order valence-corrected chi connectivity index (χ2v) is 3.69. The predicted octanol–water partition coefficient (Wildman–Crippen LogP) is 0.864. The maximum Gasteiger partial charge on any atom is 0.255 e. The van der Waals surface area contributed by atoms with E-state index in [9.17, 15) is 4.79 Å². The number of nitrogens with two attached hydrogens (primary N) is 1. The van der Waals surface area contributed by atoms with Crippen LogP contribution >= 0.6 is 0 Å². The molecule has 4 heteroatoms. The highest BCUT2D eigenvalue weighted by molar-refractivity contribution is 5.98. The molecule has 0 saturated heterocycles. The molecule has 1 saturated carbocycles. The van der Waals surface area contributed by atoms with Crippen LogP contribution in [0.2, 0.25) is 0 Å². The lowest BCUT2D eigenvalue weighted by Crippen LogP contribution is -2.26. The highest BCUT2D eigenvalue weighted by Gasteiger charge is 2.24. The van der Waals surface area contributed by atoms with Crippen molar-refractivity contribution in [3.8, 4) is 0 Å². The highest BCUT2D eigenvalue weighted by atomic mass is 16.1. The fourth-order valence-electron chi connectivity index (χ4n) is 1.25. The van der Waals surface area contributed by atoms with Crippen LogP contribution in [0.4, 0.5) is 5.82 Å². The first kappa shape index (κ1) is 8.99. The number of carbonyl (C=O) groups excluding carboxylic acids is 1. The van der Waals surface area contributed by atoms with Crippen molar-refractivity contribution < 1.29 is 4.79 Å². The molecule has 3 N–H and O–H groups in total. The lowest BCUT2D eigenvalue weighted by atomic mass is 10.2. The number of pyridine rings is 1. The minimum absolute atomic E-state index is 0.110.